The maximum Gasteiger partial charge on any atom is 0.204 e. The molecule has 0 amide bonds. The number of hydrogen-bond donors (Lipinski definition) is 0. The van der Waals surface area contributed by atoms with Crippen LogP contribution >= 0.6 is 0 Å². The molecule has 2 rings (SSSR count). The number of aryl methyl sites for hydroxylation is 2. The highest BCUT2D eigenvalue weighted by Crippen LogP contribution is 2.24. The summed E-state index contributed by atoms with van der Waals surface area (Å²) in [7, 11) is 1.44. The van der Waals surface area contributed by atoms with Gasteiger partial charge in [-0.05, 0) is 43.2 Å². The minimum atomic E-state index is -0.480. The van der Waals surface area contributed by atoms with Crippen molar-refractivity contribution >= 4 is 5.78 Å². The van der Waals surface area contributed by atoms with Crippen LogP contribution in [0.1, 0.15) is 21.5 Å². The van der Waals surface area contributed by atoms with E-state index < -0.39 is 5.82 Å². The van der Waals surface area contributed by atoms with Gasteiger partial charge in [-0.3, -0.25) is 4.79 Å². The number of para-hydroxylation sites is 1. The molecule has 0 aliphatic rings. The van der Waals surface area contributed by atoms with Crippen LogP contribution in [0.25, 0.3) is 0 Å². The van der Waals surface area contributed by atoms with Crippen molar-refractivity contribution in [3.8, 4) is 11.5 Å². The van der Waals surface area contributed by atoms with E-state index in [1.807, 2.05) is 32.0 Å². The lowest BCUT2D eigenvalue weighted by molar-refractivity contribution is 0.0917. The van der Waals surface area contributed by atoms with Crippen LogP contribution in [0.15, 0.2) is 36.4 Å². The number of Topliss-reactive ketones (excluding diaryl/α,β-unsaturated/α-hetero) is 1. The van der Waals surface area contributed by atoms with E-state index >= 15 is 0 Å². The van der Waals surface area contributed by atoms with Crippen molar-refractivity contribution in [1.29, 1.82) is 0 Å². The number of ketones is 1. The third-order valence-corrected chi connectivity index (χ3v) is 3.22. The first-order valence-electron chi connectivity index (χ1n) is 6.58. The topological polar surface area (TPSA) is 35.5 Å². The maximum absolute atomic E-state index is 13.3. The molecule has 21 heavy (non-hydrogen) atoms. The fourth-order valence-electron chi connectivity index (χ4n) is 2.14. The molecule has 2 aromatic rings. The molecule has 3 nitrogen and oxygen atoms in total. The normalized spacial score (nSPS) is 10.3. The Morgan fingerprint density at radius 2 is 1.81 bits per heavy atom. The highest BCUT2D eigenvalue weighted by atomic mass is 19.1. The number of hydrogen-bond acceptors (Lipinski definition) is 3. The van der Waals surface area contributed by atoms with Crippen molar-refractivity contribution in [3.63, 3.8) is 0 Å². The highest BCUT2D eigenvalue weighted by molar-refractivity contribution is 5.99. The summed E-state index contributed by atoms with van der Waals surface area (Å²) in [6.07, 6.45) is 0. The van der Waals surface area contributed by atoms with E-state index in [4.69, 9.17) is 9.47 Å². The standard InChI is InChI=1S/C17H17FO3/c1-11-5-4-6-12(2)17(11)21-10-15(19)14-9-13(18)7-8-16(14)20-3/h4-9H,10H2,1-3H3. The number of carbonyl (C=O) groups is 1. The van der Waals surface area contributed by atoms with Crippen molar-refractivity contribution in [2.24, 2.45) is 0 Å². The number of carbonyl (C=O) groups excluding carboxylic acids is 1. The van der Waals surface area contributed by atoms with Crippen LogP contribution in [0, 0.1) is 19.7 Å². The maximum atomic E-state index is 13.3. The minimum Gasteiger partial charge on any atom is -0.496 e. The Balaban J connectivity index is 2.17. The fourth-order valence-corrected chi connectivity index (χ4v) is 2.14. The summed E-state index contributed by atoms with van der Waals surface area (Å²) >= 11 is 0. The first-order valence-corrected chi connectivity index (χ1v) is 6.58. The van der Waals surface area contributed by atoms with Crippen LogP contribution in [-0.2, 0) is 0 Å². The van der Waals surface area contributed by atoms with Gasteiger partial charge >= 0.3 is 0 Å². The monoisotopic (exact) mass is 288 g/mol. The summed E-state index contributed by atoms with van der Waals surface area (Å²) < 4.78 is 24.0. The summed E-state index contributed by atoms with van der Waals surface area (Å²) in [5.74, 6) is 0.216. The van der Waals surface area contributed by atoms with Crippen molar-refractivity contribution in [1.82, 2.24) is 0 Å². The Kier molecular flexibility index (Phi) is 4.58. The van der Waals surface area contributed by atoms with Gasteiger partial charge in [-0.25, -0.2) is 4.39 Å². The lowest BCUT2D eigenvalue weighted by atomic mass is 10.1. The van der Waals surface area contributed by atoms with Gasteiger partial charge in [0.25, 0.3) is 0 Å². The quantitative estimate of drug-likeness (QED) is 0.787. The average molecular weight is 288 g/mol. The molecule has 0 aliphatic carbocycles. The number of methoxy groups -OCH3 is 1. The predicted molar refractivity (Wildman–Crippen MR) is 78.7 cm³/mol. The Morgan fingerprint density at radius 1 is 1.14 bits per heavy atom. The molecule has 0 bridgehead atoms. The first-order chi connectivity index (χ1) is 10.0. The zero-order valence-electron chi connectivity index (χ0n) is 12.3. The lowest BCUT2D eigenvalue weighted by Crippen LogP contribution is -2.14. The molecule has 0 aromatic heterocycles. The molecule has 0 unspecified atom stereocenters. The van der Waals surface area contributed by atoms with Crippen LogP contribution in [0.2, 0.25) is 0 Å². The Morgan fingerprint density at radius 3 is 2.43 bits per heavy atom. The van der Waals surface area contributed by atoms with Crippen LogP contribution in [0.3, 0.4) is 0 Å². The lowest BCUT2D eigenvalue weighted by Gasteiger charge is -2.12. The molecule has 0 aliphatic heterocycles. The van der Waals surface area contributed by atoms with Gasteiger partial charge in [0, 0.05) is 0 Å². The molecule has 4 heteroatoms. The predicted octanol–water partition coefficient (Wildman–Crippen LogP) is 3.71. The van der Waals surface area contributed by atoms with Crippen LogP contribution in [-0.4, -0.2) is 19.5 Å². The van der Waals surface area contributed by atoms with Gasteiger partial charge in [0.1, 0.15) is 17.3 Å². The molecule has 0 saturated carbocycles. The SMILES string of the molecule is COc1ccc(F)cc1C(=O)COc1c(C)cccc1C. The van der Waals surface area contributed by atoms with Gasteiger partial charge in [0.15, 0.2) is 6.61 Å². The van der Waals surface area contributed by atoms with E-state index in [1.54, 1.807) is 0 Å². The molecule has 2 aromatic carbocycles. The van der Waals surface area contributed by atoms with Gasteiger partial charge in [-0.2, -0.15) is 0 Å². The number of halogens is 1. The third kappa shape index (κ3) is 3.40. The summed E-state index contributed by atoms with van der Waals surface area (Å²) in [6, 6.07) is 9.60. The van der Waals surface area contributed by atoms with E-state index in [-0.39, 0.29) is 18.0 Å². The summed E-state index contributed by atoms with van der Waals surface area (Å²) in [4.78, 5) is 12.2. The third-order valence-electron chi connectivity index (χ3n) is 3.22. The van der Waals surface area contributed by atoms with Gasteiger partial charge < -0.3 is 9.47 Å². The molecule has 0 fully saturated rings. The molecule has 0 saturated heterocycles. The second-order valence-corrected chi connectivity index (χ2v) is 4.78. The van der Waals surface area contributed by atoms with E-state index in [0.29, 0.717) is 11.5 Å². The van der Waals surface area contributed by atoms with E-state index in [9.17, 15) is 9.18 Å². The summed E-state index contributed by atoms with van der Waals surface area (Å²) in [5, 5.41) is 0. The minimum absolute atomic E-state index is 0.161. The molecule has 0 heterocycles. The molecular formula is C17H17FO3. The van der Waals surface area contributed by atoms with Crippen molar-refractivity contribution in [2.45, 2.75) is 13.8 Å². The smallest absolute Gasteiger partial charge is 0.204 e. The first kappa shape index (κ1) is 15.0. The van der Waals surface area contributed by atoms with E-state index in [1.165, 1.54) is 19.2 Å². The second-order valence-electron chi connectivity index (χ2n) is 4.78. The van der Waals surface area contributed by atoms with Crippen molar-refractivity contribution in [3.05, 3.63) is 58.9 Å². The highest BCUT2D eigenvalue weighted by Gasteiger charge is 2.15. The van der Waals surface area contributed by atoms with Gasteiger partial charge in [-0.15, -0.1) is 0 Å². The number of benzene rings is 2. The van der Waals surface area contributed by atoms with Gasteiger partial charge in [-0.1, -0.05) is 18.2 Å². The van der Waals surface area contributed by atoms with E-state index in [0.717, 1.165) is 17.2 Å². The number of rotatable bonds is 5. The molecule has 110 valence electrons. The summed E-state index contributed by atoms with van der Waals surface area (Å²) in [5.41, 5.74) is 2.09. The molecule has 0 radical (unpaired) electrons. The van der Waals surface area contributed by atoms with Gasteiger partial charge in [0.2, 0.25) is 5.78 Å². The average Bonchev–Trinajstić information content (AvgIpc) is 2.46. The van der Waals surface area contributed by atoms with Crippen LogP contribution in [0.5, 0.6) is 11.5 Å². The Bertz CT molecular complexity index is 645. The van der Waals surface area contributed by atoms with Crippen LogP contribution in [0.4, 0.5) is 4.39 Å². The summed E-state index contributed by atoms with van der Waals surface area (Å²) in [6.45, 7) is 3.66. The largest absolute Gasteiger partial charge is 0.496 e. The van der Waals surface area contributed by atoms with E-state index in [2.05, 4.69) is 0 Å². The second kappa shape index (κ2) is 6.39. The Hall–Kier alpha value is -2.36. The van der Waals surface area contributed by atoms with Gasteiger partial charge in [0.05, 0.1) is 12.7 Å². The number of ether oxygens (including phenoxy) is 2. The zero-order valence-corrected chi connectivity index (χ0v) is 12.3. The van der Waals surface area contributed by atoms with Crippen molar-refractivity contribution < 1.29 is 18.7 Å². The molecule has 0 spiro atoms. The molecule has 0 atom stereocenters. The van der Waals surface area contributed by atoms with Crippen molar-refractivity contribution in [2.75, 3.05) is 13.7 Å². The molecule has 0 N–H and O–H groups in total. The fraction of sp³-hybridized carbons (Fsp3) is 0.235. The Labute approximate surface area is 123 Å². The molecular weight excluding hydrogens is 271 g/mol. The zero-order chi connectivity index (χ0) is 15.4. The van der Waals surface area contributed by atoms with Crippen LogP contribution < -0.4 is 9.47 Å².